The molecule has 1 N–H and O–H groups in total. The van der Waals surface area contributed by atoms with E-state index in [1.807, 2.05) is 6.92 Å². The summed E-state index contributed by atoms with van der Waals surface area (Å²) in [5, 5.41) is 6.92. The second kappa shape index (κ2) is 5.41. The summed E-state index contributed by atoms with van der Waals surface area (Å²) in [6.45, 7) is 4.48. The molecule has 2 aromatic rings. The van der Waals surface area contributed by atoms with E-state index in [9.17, 15) is 8.42 Å². The summed E-state index contributed by atoms with van der Waals surface area (Å²) in [4.78, 5) is 8.42. The second-order valence-corrected chi connectivity index (χ2v) is 9.40. The topological polar surface area (TPSA) is 91.8 Å². The van der Waals surface area contributed by atoms with Crippen LogP contribution in [0.5, 0.6) is 0 Å². The van der Waals surface area contributed by atoms with Crippen LogP contribution in [-0.2, 0) is 10.0 Å². The third kappa shape index (κ3) is 2.77. The van der Waals surface area contributed by atoms with Gasteiger partial charge in [0.25, 0.3) is 10.0 Å². The fourth-order valence-electron chi connectivity index (χ4n) is 2.27. The monoisotopic (exact) mass is 391 g/mol. The van der Waals surface area contributed by atoms with Crippen LogP contribution in [0.1, 0.15) is 29.7 Å². The molecule has 0 saturated carbocycles. The number of H-pyrrole nitrogens is 1. The van der Waals surface area contributed by atoms with Gasteiger partial charge in [-0.15, -0.1) is 0 Å². The third-order valence-electron chi connectivity index (χ3n) is 3.41. The van der Waals surface area contributed by atoms with Gasteiger partial charge in [0.1, 0.15) is 5.82 Å². The molecule has 10 heteroatoms. The Labute approximate surface area is 135 Å². The van der Waals surface area contributed by atoms with Gasteiger partial charge in [-0.1, -0.05) is 11.3 Å². The second-order valence-electron chi connectivity index (χ2n) is 4.97. The summed E-state index contributed by atoms with van der Waals surface area (Å²) in [5.41, 5.74) is 0.693. The molecule has 1 aliphatic heterocycles. The predicted molar refractivity (Wildman–Crippen MR) is 81.8 cm³/mol. The first-order chi connectivity index (χ1) is 9.88. The number of sulfonamides is 1. The zero-order valence-electron chi connectivity index (χ0n) is 11.5. The summed E-state index contributed by atoms with van der Waals surface area (Å²) in [5.74, 6) is 1.46. The van der Waals surface area contributed by atoms with Gasteiger partial charge in [-0.2, -0.15) is 9.40 Å². The molecule has 0 aliphatic carbocycles. The van der Waals surface area contributed by atoms with Crippen molar-refractivity contribution in [2.24, 2.45) is 0 Å². The van der Waals surface area contributed by atoms with Gasteiger partial charge in [0.05, 0.1) is 9.48 Å². The highest BCUT2D eigenvalue weighted by Crippen LogP contribution is 2.33. The van der Waals surface area contributed by atoms with Crippen LogP contribution >= 0.6 is 27.3 Å². The summed E-state index contributed by atoms with van der Waals surface area (Å²) >= 11 is 4.47. The van der Waals surface area contributed by atoms with E-state index in [0.29, 0.717) is 24.6 Å². The van der Waals surface area contributed by atoms with Gasteiger partial charge in [-0.3, -0.25) is 5.10 Å². The van der Waals surface area contributed by atoms with Crippen molar-refractivity contribution in [3.8, 4) is 0 Å². The maximum Gasteiger partial charge on any atom is 0.270 e. The maximum atomic E-state index is 12.6. The van der Waals surface area contributed by atoms with Crippen LogP contribution < -0.4 is 0 Å². The predicted octanol–water partition coefficient (Wildman–Crippen LogP) is 1.82. The van der Waals surface area contributed by atoms with Crippen molar-refractivity contribution in [3.05, 3.63) is 21.1 Å². The van der Waals surface area contributed by atoms with Gasteiger partial charge < -0.3 is 0 Å². The zero-order valence-corrected chi connectivity index (χ0v) is 14.7. The Morgan fingerprint density at radius 1 is 1.38 bits per heavy atom. The number of aryl methyl sites for hydroxylation is 2. The molecule has 7 nitrogen and oxygen atoms in total. The fourth-order valence-corrected chi connectivity index (χ4v) is 5.86. The largest absolute Gasteiger partial charge is 0.270 e. The molecule has 1 fully saturated rings. The molecule has 0 spiro atoms. The first-order valence-electron chi connectivity index (χ1n) is 6.40. The quantitative estimate of drug-likeness (QED) is 0.860. The Hall–Kier alpha value is -0.840. The van der Waals surface area contributed by atoms with Gasteiger partial charge >= 0.3 is 0 Å². The number of hydrogen-bond acceptors (Lipinski definition) is 6. The van der Waals surface area contributed by atoms with Crippen molar-refractivity contribution in [1.82, 2.24) is 24.5 Å². The molecule has 0 aromatic carbocycles. The number of aromatic nitrogens is 4. The number of rotatable bonds is 3. The minimum absolute atomic E-state index is 0.0363. The number of hydrogen-bond donors (Lipinski definition) is 1. The van der Waals surface area contributed by atoms with Crippen molar-refractivity contribution in [2.75, 3.05) is 13.1 Å². The first-order valence-corrected chi connectivity index (χ1v) is 9.45. The molecule has 1 unspecified atom stereocenters. The molecule has 2 aromatic heterocycles. The van der Waals surface area contributed by atoms with Gasteiger partial charge in [0, 0.05) is 19.0 Å². The third-order valence-corrected chi connectivity index (χ3v) is 7.64. The van der Waals surface area contributed by atoms with E-state index in [1.165, 1.54) is 4.31 Å². The summed E-state index contributed by atoms with van der Waals surface area (Å²) in [7, 11) is -3.53. The average molecular weight is 392 g/mol. The molecule has 0 bridgehead atoms. The highest BCUT2D eigenvalue weighted by atomic mass is 79.9. The van der Waals surface area contributed by atoms with Gasteiger partial charge in [-0.05, 0) is 36.2 Å². The molecule has 0 radical (unpaired) electrons. The fraction of sp³-hybridized carbons (Fsp3) is 0.545. The molecular weight excluding hydrogens is 378 g/mol. The van der Waals surface area contributed by atoms with E-state index in [-0.39, 0.29) is 10.3 Å². The maximum absolute atomic E-state index is 12.6. The Morgan fingerprint density at radius 2 is 2.14 bits per heavy atom. The van der Waals surface area contributed by atoms with Crippen molar-refractivity contribution in [3.63, 3.8) is 0 Å². The van der Waals surface area contributed by atoms with Crippen molar-refractivity contribution in [2.45, 2.75) is 30.5 Å². The van der Waals surface area contributed by atoms with Crippen LogP contribution in [0, 0.1) is 13.8 Å². The van der Waals surface area contributed by atoms with E-state index >= 15 is 0 Å². The molecule has 21 heavy (non-hydrogen) atoms. The van der Waals surface area contributed by atoms with Crippen LogP contribution in [0.4, 0.5) is 0 Å². The van der Waals surface area contributed by atoms with Gasteiger partial charge in [-0.25, -0.2) is 18.4 Å². The average Bonchev–Trinajstić information content (AvgIpc) is 3.11. The van der Waals surface area contributed by atoms with Gasteiger partial charge in [0.2, 0.25) is 4.34 Å². The molecule has 3 heterocycles. The SMILES string of the molecule is Cc1nc(C2CCN(S(=O)(=O)c3nc(C)c(Br)s3)C2)n[nH]1. The van der Waals surface area contributed by atoms with Crippen LogP contribution in [0.25, 0.3) is 0 Å². The van der Waals surface area contributed by atoms with Crippen molar-refractivity contribution >= 4 is 37.3 Å². The van der Waals surface area contributed by atoms with E-state index in [2.05, 4.69) is 36.1 Å². The molecule has 3 rings (SSSR count). The van der Waals surface area contributed by atoms with Crippen molar-refractivity contribution in [1.29, 1.82) is 0 Å². The number of nitrogens with one attached hydrogen (secondary N) is 1. The number of halogens is 1. The minimum atomic E-state index is -3.53. The Balaban J connectivity index is 1.82. The van der Waals surface area contributed by atoms with E-state index < -0.39 is 10.0 Å². The summed E-state index contributed by atoms with van der Waals surface area (Å²) in [6.07, 6.45) is 0.724. The Kier molecular flexibility index (Phi) is 3.89. The van der Waals surface area contributed by atoms with E-state index in [0.717, 1.165) is 27.4 Å². The minimum Gasteiger partial charge on any atom is -0.263 e. The van der Waals surface area contributed by atoms with Crippen LogP contribution in [0.2, 0.25) is 0 Å². The Morgan fingerprint density at radius 3 is 2.71 bits per heavy atom. The lowest BCUT2D eigenvalue weighted by molar-refractivity contribution is 0.470. The number of nitrogens with zero attached hydrogens (tertiary/aromatic N) is 4. The molecule has 0 amide bonds. The van der Waals surface area contributed by atoms with Crippen molar-refractivity contribution < 1.29 is 8.42 Å². The van der Waals surface area contributed by atoms with Gasteiger partial charge in [0.15, 0.2) is 5.82 Å². The molecule has 1 aliphatic rings. The Bertz CT molecular complexity index is 750. The lowest BCUT2D eigenvalue weighted by Crippen LogP contribution is -2.28. The smallest absolute Gasteiger partial charge is 0.263 e. The standard InChI is InChI=1S/C11H14BrN5O2S2/c1-6-9(12)20-11(13-6)21(18,19)17-4-3-8(5-17)10-14-7(2)15-16-10/h8H,3-5H2,1-2H3,(H,14,15,16). The molecular formula is C11H14BrN5O2S2. The summed E-state index contributed by atoms with van der Waals surface area (Å²) in [6, 6.07) is 0. The highest BCUT2D eigenvalue weighted by molar-refractivity contribution is 9.11. The van der Waals surface area contributed by atoms with Crippen LogP contribution in [0.15, 0.2) is 8.13 Å². The lowest BCUT2D eigenvalue weighted by atomic mass is 10.1. The molecule has 114 valence electrons. The van der Waals surface area contributed by atoms with Crippen LogP contribution in [0.3, 0.4) is 0 Å². The van der Waals surface area contributed by atoms with E-state index in [4.69, 9.17) is 0 Å². The lowest BCUT2D eigenvalue weighted by Gasteiger charge is -2.13. The first kappa shape index (κ1) is 15.1. The van der Waals surface area contributed by atoms with E-state index in [1.54, 1.807) is 6.92 Å². The highest BCUT2D eigenvalue weighted by Gasteiger charge is 2.36. The normalized spacial score (nSPS) is 20.2. The molecule has 1 saturated heterocycles. The molecule has 1 atom stereocenters. The number of thiazole rings is 1. The number of aromatic amines is 1. The van der Waals surface area contributed by atoms with Crippen LogP contribution in [-0.4, -0.2) is 46.0 Å². The summed E-state index contributed by atoms with van der Waals surface area (Å²) < 4.78 is 27.5. The zero-order chi connectivity index (χ0) is 15.2.